The number of ether oxygens (including phenoxy) is 1. The van der Waals surface area contributed by atoms with E-state index in [9.17, 15) is 4.79 Å². The summed E-state index contributed by atoms with van der Waals surface area (Å²) in [6, 6.07) is 17.9. The third-order valence-electron chi connectivity index (χ3n) is 4.43. The van der Waals surface area contributed by atoms with Gasteiger partial charge in [-0.1, -0.05) is 48.9 Å². The molecule has 0 aliphatic heterocycles. The second kappa shape index (κ2) is 8.54. The van der Waals surface area contributed by atoms with Gasteiger partial charge in [0.25, 0.3) is 5.91 Å². The second-order valence-electron chi connectivity index (χ2n) is 6.61. The smallest absolute Gasteiger partial charge is 0.266 e. The van der Waals surface area contributed by atoms with Crippen molar-refractivity contribution < 1.29 is 9.53 Å². The molecule has 2 aromatic carbocycles. The second-order valence-corrected chi connectivity index (χ2v) is 6.61. The third kappa shape index (κ3) is 4.97. The molecule has 0 fully saturated rings. The van der Waals surface area contributed by atoms with Crippen molar-refractivity contribution in [1.29, 1.82) is 0 Å². The lowest BCUT2D eigenvalue weighted by molar-refractivity contribution is -0.122. The van der Waals surface area contributed by atoms with Crippen LogP contribution in [0.25, 0.3) is 0 Å². The summed E-state index contributed by atoms with van der Waals surface area (Å²) in [4.78, 5) is 12.5. The molecule has 1 atom stereocenters. The zero-order valence-corrected chi connectivity index (χ0v) is 16.0. The lowest BCUT2D eigenvalue weighted by atomic mass is 10.1. The normalized spacial score (nSPS) is 11.8. The van der Waals surface area contributed by atoms with E-state index in [1.54, 1.807) is 23.9 Å². The quantitative estimate of drug-likeness (QED) is 0.684. The molecule has 0 bridgehead atoms. The zero-order valence-electron chi connectivity index (χ0n) is 16.0. The number of rotatable bonds is 7. The number of hydrogen-bond acceptors (Lipinski definition) is 3. The highest BCUT2D eigenvalue weighted by Gasteiger charge is 2.17. The number of carbonyl (C=O) groups is 1. The molecular weight excluding hydrogens is 338 g/mol. The Labute approximate surface area is 160 Å². The van der Waals surface area contributed by atoms with E-state index >= 15 is 0 Å². The minimum absolute atomic E-state index is 0.208. The van der Waals surface area contributed by atoms with Gasteiger partial charge in [-0.2, -0.15) is 5.10 Å². The molecule has 27 heavy (non-hydrogen) atoms. The fourth-order valence-electron chi connectivity index (χ4n) is 2.72. The van der Waals surface area contributed by atoms with E-state index in [1.165, 1.54) is 11.1 Å². The monoisotopic (exact) mass is 363 g/mol. The maximum atomic E-state index is 12.5. The summed E-state index contributed by atoms with van der Waals surface area (Å²) >= 11 is 0. The van der Waals surface area contributed by atoms with Crippen molar-refractivity contribution in [2.24, 2.45) is 0 Å². The van der Waals surface area contributed by atoms with Gasteiger partial charge in [-0.25, -0.2) is 4.68 Å². The van der Waals surface area contributed by atoms with Gasteiger partial charge in [0.15, 0.2) is 6.10 Å². The van der Waals surface area contributed by atoms with Crippen LogP contribution in [0.3, 0.4) is 0 Å². The number of amides is 1. The summed E-state index contributed by atoms with van der Waals surface area (Å²) in [5.74, 6) is 1.13. The minimum atomic E-state index is -0.611. The number of anilines is 1. The molecule has 0 saturated heterocycles. The van der Waals surface area contributed by atoms with Crippen molar-refractivity contribution in [2.45, 2.75) is 39.8 Å². The summed E-state index contributed by atoms with van der Waals surface area (Å²) in [5, 5.41) is 7.21. The van der Waals surface area contributed by atoms with Crippen molar-refractivity contribution in [1.82, 2.24) is 9.78 Å². The molecule has 3 rings (SSSR count). The van der Waals surface area contributed by atoms with Gasteiger partial charge in [-0.15, -0.1) is 0 Å². The van der Waals surface area contributed by atoms with Gasteiger partial charge >= 0.3 is 0 Å². The maximum absolute atomic E-state index is 12.5. The molecule has 0 aliphatic carbocycles. The summed E-state index contributed by atoms with van der Waals surface area (Å²) in [7, 11) is 0. The van der Waals surface area contributed by atoms with E-state index in [4.69, 9.17) is 4.74 Å². The summed E-state index contributed by atoms with van der Waals surface area (Å²) in [5.41, 5.74) is 3.57. The van der Waals surface area contributed by atoms with Crippen molar-refractivity contribution in [3.63, 3.8) is 0 Å². The molecular formula is C22H25N3O2. The summed E-state index contributed by atoms with van der Waals surface area (Å²) in [6.45, 7) is 6.49. The van der Waals surface area contributed by atoms with E-state index in [2.05, 4.69) is 48.5 Å². The molecule has 0 spiro atoms. The van der Waals surface area contributed by atoms with Crippen molar-refractivity contribution in [3.8, 4) is 5.75 Å². The van der Waals surface area contributed by atoms with Crippen LogP contribution in [0.5, 0.6) is 5.75 Å². The third-order valence-corrected chi connectivity index (χ3v) is 4.43. The highest BCUT2D eigenvalue weighted by atomic mass is 16.5. The Morgan fingerprint density at radius 1 is 1.07 bits per heavy atom. The molecule has 0 saturated carbocycles. The van der Waals surface area contributed by atoms with Gasteiger partial charge in [-0.3, -0.25) is 4.79 Å². The van der Waals surface area contributed by atoms with Crippen molar-refractivity contribution >= 4 is 11.7 Å². The Kier molecular flexibility index (Phi) is 5.91. The fourth-order valence-corrected chi connectivity index (χ4v) is 2.72. The van der Waals surface area contributed by atoms with Crippen LogP contribution in [-0.2, 0) is 17.8 Å². The first-order chi connectivity index (χ1) is 13.0. The molecule has 0 radical (unpaired) electrons. The molecule has 0 unspecified atom stereocenters. The van der Waals surface area contributed by atoms with Crippen LogP contribution in [0.4, 0.5) is 5.82 Å². The van der Waals surface area contributed by atoms with Gasteiger partial charge in [-0.05, 0) is 43.5 Å². The zero-order chi connectivity index (χ0) is 19.2. The molecule has 1 heterocycles. The first kappa shape index (κ1) is 18.7. The largest absolute Gasteiger partial charge is 0.481 e. The van der Waals surface area contributed by atoms with E-state index in [0.29, 0.717) is 18.1 Å². The van der Waals surface area contributed by atoms with Crippen LogP contribution in [0.1, 0.15) is 30.5 Å². The van der Waals surface area contributed by atoms with Crippen LogP contribution in [0.2, 0.25) is 0 Å². The van der Waals surface area contributed by atoms with Crippen molar-refractivity contribution in [3.05, 3.63) is 77.5 Å². The Hall–Kier alpha value is -3.08. The first-order valence-corrected chi connectivity index (χ1v) is 9.19. The number of aryl methyl sites for hydroxylation is 2. The Balaban J connectivity index is 1.61. The van der Waals surface area contributed by atoms with Crippen LogP contribution in [-0.4, -0.2) is 21.8 Å². The van der Waals surface area contributed by atoms with Crippen LogP contribution < -0.4 is 10.1 Å². The molecule has 5 nitrogen and oxygen atoms in total. The molecule has 1 aromatic heterocycles. The average Bonchev–Trinajstić information content (AvgIpc) is 3.10. The van der Waals surface area contributed by atoms with E-state index < -0.39 is 6.10 Å². The molecule has 1 amide bonds. The number of hydrogen-bond donors (Lipinski definition) is 1. The highest BCUT2D eigenvalue weighted by molar-refractivity contribution is 5.93. The average molecular weight is 363 g/mol. The predicted molar refractivity (Wildman–Crippen MR) is 107 cm³/mol. The molecule has 3 aromatic rings. The minimum Gasteiger partial charge on any atom is -0.481 e. The Bertz CT molecular complexity index is 883. The van der Waals surface area contributed by atoms with Gasteiger partial charge in [0, 0.05) is 6.07 Å². The maximum Gasteiger partial charge on any atom is 0.266 e. The topological polar surface area (TPSA) is 56.1 Å². The van der Waals surface area contributed by atoms with E-state index in [0.717, 1.165) is 12.0 Å². The molecule has 5 heteroatoms. The van der Waals surface area contributed by atoms with Gasteiger partial charge in [0.05, 0.1) is 12.7 Å². The number of nitrogens with one attached hydrogen (secondary N) is 1. The number of nitrogens with zero attached hydrogens (tertiary/aromatic N) is 2. The lowest BCUT2D eigenvalue weighted by Crippen LogP contribution is -2.31. The van der Waals surface area contributed by atoms with Gasteiger partial charge in [0.1, 0.15) is 11.6 Å². The SMILES string of the molecule is CCc1ccc(O[C@@H](C)C(=O)Nc2ccnn2Cc2ccc(C)cc2)cc1. The fraction of sp³-hybridized carbons (Fsp3) is 0.273. The van der Waals surface area contributed by atoms with Gasteiger partial charge in [0.2, 0.25) is 0 Å². The summed E-state index contributed by atoms with van der Waals surface area (Å²) in [6.07, 6.45) is 2.04. The van der Waals surface area contributed by atoms with Crippen LogP contribution in [0.15, 0.2) is 60.8 Å². The first-order valence-electron chi connectivity index (χ1n) is 9.19. The standard InChI is InChI=1S/C22H25N3O2/c1-4-18-9-11-20(12-10-18)27-17(3)22(26)24-21-13-14-23-25(21)15-19-7-5-16(2)6-8-19/h5-14,17H,4,15H2,1-3H3,(H,24,26)/t17-/m0/s1. The van der Waals surface area contributed by atoms with Crippen molar-refractivity contribution in [2.75, 3.05) is 5.32 Å². The Morgan fingerprint density at radius 3 is 2.41 bits per heavy atom. The highest BCUT2D eigenvalue weighted by Crippen LogP contribution is 2.16. The number of carbonyl (C=O) groups excluding carboxylic acids is 1. The van der Waals surface area contributed by atoms with Gasteiger partial charge < -0.3 is 10.1 Å². The number of benzene rings is 2. The summed E-state index contributed by atoms with van der Waals surface area (Å²) < 4.78 is 7.52. The molecule has 140 valence electrons. The van der Waals surface area contributed by atoms with Crippen LogP contribution in [0, 0.1) is 6.92 Å². The predicted octanol–water partition coefficient (Wildman–Crippen LogP) is 4.21. The number of aromatic nitrogens is 2. The van der Waals surface area contributed by atoms with E-state index in [-0.39, 0.29) is 5.91 Å². The van der Waals surface area contributed by atoms with E-state index in [1.807, 2.05) is 24.3 Å². The lowest BCUT2D eigenvalue weighted by Gasteiger charge is -2.16. The molecule has 1 N–H and O–H groups in total. The molecule has 0 aliphatic rings. The van der Waals surface area contributed by atoms with Crippen LogP contribution >= 0.6 is 0 Å². The Morgan fingerprint density at radius 2 is 1.74 bits per heavy atom.